The molecule has 5 heteroatoms. The Balaban J connectivity index is 1.63. The highest BCUT2D eigenvalue weighted by Crippen LogP contribution is 2.52. The lowest BCUT2D eigenvalue weighted by molar-refractivity contribution is -0.157. The van der Waals surface area contributed by atoms with Gasteiger partial charge in [0.05, 0.1) is 22.7 Å². The Kier molecular flexibility index (Phi) is 4.84. The number of ether oxygens (including phenoxy) is 1. The van der Waals surface area contributed by atoms with Gasteiger partial charge in [0.25, 0.3) is 0 Å². The van der Waals surface area contributed by atoms with Crippen molar-refractivity contribution in [2.75, 3.05) is 6.61 Å². The van der Waals surface area contributed by atoms with Crippen molar-refractivity contribution in [2.45, 2.75) is 58.2 Å². The fourth-order valence-corrected chi connectivity index (χ4v) is 5.53. The van der Waals surface area contributed by atoms with Crippen molar-refractivity contribution in [1.82, 2.24) is 9.88 Å². The summed E-state index contributed by atoms with van der Waals surface area (Å²) in [5, 5.41) is 3.25. The topological polar surface area (TPSA) is 42.4 Å². The SMILES string of the molecule is CCOC(=O)[C@@]1(Cc2ccccc2)C[C@H]2CC[C@@H]1N2Cc1csc(C)n1. The quantitative estimate of drug-likeness (QED) is 0.722. The molecule has 0 saturated carbocycles. The van der Waals surface area contributed by atoms with E-state index >= 15 is 0 Å². The van der Waals surface area contributed by atoms with Crippen LogP contribution in [0.15, 0.2) is 35.7 Å². The fourth-order valence-electron chi connectivity index (χ4n) is 4.93. The van der Waals surface area contributed by atoms with Crippen molar-refractivity contribution in [2.24, 2.45) is 5.41 Å². The smallest absolute Gasteiger partial charge is 0.314 e. The molecule has 3 heterocycles. The van der Waals surface area contributed by atoms with Gasteiger partial charge in [-0.1, -0.05) is 30.3 Å². The van der Waals surface area contributed by atoms with Gasteiger partial charge in [-0.3, -0.25) is 9.69 Å². The number of thiazole rings is 1. The number of aromatic nitrogens is 1. The summed E-state index contributed by atoms with van der Waals surface area (Å²) >= 11 is 1.70. The van der Waals surface area contributed by atoms with Crippen LogP contribution in [-0.4, -0.2) is 34.5 Å². The second kappa shape index (κ2) is 7.12. The van der Waals surface area contributed by atoms with E-state index < -0.39 is 5.41 Å². The summed E-state index contributed by atoms with van der Waals surface area (Å²) in [7, 11) is 0. The number of carbonyl (C=O) groups is 1. The van der Waals surface area contributed by atoms with E-state index in [4.69, 9.17) is 4.74 Å². The summed E-state index contributed by atoms with van der Waals surface area (Å²) in [6.45, 7) is 5.23. The van der Waals surface area contributed by atoms with Crippen LogP contribution in [0.5, 0.6) is 0 Å². The highest BCUT2D eigenvalue weighted by atomic mass is 32.1. The van der Waals surface area contributed by atoms with Crippen LogP contribution in [0, 0.1) is 12.3 Å². The van der Waals surface area contributed by atoms with Gasteiger partial charge in [-0.05, 0) is 45.1 Å². The van der Waals surface area contributed by atoms with Crippen molar-refractivity contribution in [3.8, 4) is 0 Å². The molecule has 1 aromatic heterocycles. The van der Waals surface area contributed by atoms with E-state index in [0.29, 0.717) is 12.6 Å². The molecule has 1 aromatic carbocycles. The molecule has 0 amide bonds. The molecule has 0 spiro atoms. The summed E-state index contributed by atoms with van der Waals surface area (Å²) in [4.78, 5) is 20.3. The van der Waals surface area contributed by atoms with Crippen molar-refractivity contribution < 1.29 is 9.53 Å². The first-order chi connectivity index (χ1) is 12.6. The van der Waals surface area contributed by atoms with Gasteiger partial charge in [0.15, 0.2) is 0 Å². The van der Waals surface area contributed by atoms with E-state index in [1.165, 1.54) is 12.0 Å². The molecule has 0 aliphatic carbocycles. The Hall–Kier alpha value is -1.72. The Morgan fingerprint density at radius 1 is 1.35 bits per heavy atom. The highest BCUT2D eigenvalue weighted by Gasteiger charge is 2.60. The Morgan fingerprint density at radius 2 is 2.15 bits per heavy atom. The second-order valence-electron chi connectivity index (χ2n) is 7.52. The zero-order chi connectivity index (χ0) is 18.1. The summed E-state index contributed by atoms with van der Waals surface area (Å²) in [5.41, 5.74) is 1.92. The van der Waals surface area contributed by atoms with E-state index in [0.717, 1.165) is 36.5 Å². The number of hydrogen-bond acceptors (Lipinski definition) is 5. The minimum absolute atomic E-state index is 0.0180. The monoisotopic (exact) mass is 370 g/mol. The molecule has 138 valence electrons. The van der Waals surface area contributed by atoms with Crippen molar-refractivity contribution in [3.05, 3.63) is 52.0 Å². The normalized spacial score (nSPS) is 27.8. The van der Waals surface area contributed by atoms with E-state index in [1.807, 2.05) is 19.9 Å². The van der Waals surface area contributed by atoms with Gasteiger partial charge in [0, 0.05) is 24.0 Å². The van der Waals surface area contributed by atoms with E-state index in [-0.39, 0.29) is 12.0 Å². The number of nitrogens with zero attached hydrogens (tertiary/aromatic N) is 2. The van der Waals surface area contributed by atoms with Crippen LogP contribution < -0.4 is 0 Å². The molecule has 2 aliphatic heterocycles. The first kappa shape index (κ1) is 17.7. The van der Waals surface area contributed by atoms with Gasteiger partial charge in [-0.15, -0.1) is 11.3 Å². The third kappa shape index (κ3) is 3.08. The summed E-state index contributed by atoms with van der Waals surface area (Å²) in [5.74, 6) is -0.0180. The largest absolute Gasteiger partial charge is 0.466 e. The average molecular weight is 371 g/mol. The first-order valence-corrected chi connectivity index (χ1v) is 10.4. The van der Waals surface area contributed by atoms with Crippen LogP contribution >= 0.6 is 11.3 Å². The van der Waals surface area contributed by atoms with Crippen LogP contribution in [0.2, 0.25) is 0 Å². The van der Waals surface area contributed by atoms with Gasteiger partial charge in [-0.25, -0.2) is 4.98 Å². The molecule has 2 aromatic rings. The summed E-state index contributed by atoms with van der Waals surface area (Å²) in [6, 6.07) is 11.1. The van der Waals surface area contributed by atoms with Crippen LogP contribution in [0.4, 0.5) is 0 Å². The predicted molar refractivity (Wildman–Crippen MR) is 103 cm³/mol. The molecular weight excluding hydrogens is 344 g/mol. The van der Waals surface area contributed by atoms with Gasteiger partial charge < -0.3 is 4.74 Å². The van der Waals surface area contributed by atoms with Crippen LogP contribution in [0.1, 0.15) is 42.5 Å². The minimum Gasteiger partial charge on any atom is -0.466 e. The summed E-state index contributed by atoms with van der Waals surface area (Å²) < 4.78 is 5.58. The zero-order valence-corrected chi connectivity index (χ0v) is 16.3. The van der Waals surface area contributed by atoms with Gasteiger partial charge in [0.1, 0.15) is 0 Å². The Morgan fingerprint density at radius 3 is 2.85 bits per heavy atom. The number of carbonyl (C=O) groups excluding carboxylic acids is 1. The fraction of sp³-hybridized carbons (Fsp3) is 0.524. The standard InChI is InChI=1S/C21H26N2O2S/c1-3-25-20(24)21(11-16-7-5-4-6-8-16)12-18-9-10-19(21)23(18)13-17-14-26-15(2)22-17/h4-8,14,18-19H,3,9-13H2,1-2H3/t18-,19+,21+/m1/s1. The molecule has 26 heavy (non-hydrogen) atoms. The molecule has 0 radical (unpaired) electrons. The minimum atomic E-state index is -0.425. The zero-order valence-electron chi connectivity index (χ0n) is 15.5. The lowest BCUT2D eigenvalue weighted by atomic mass is 9.70. The maximum Gasteiger partial charge on any atom is 0.314 e. The van der Waals surface area contributed by atoms with E-state index in [1.54, 1.807) is 11.3 Å². The molecule has 0 N–H and O–H groups in total. The highest BCUT2D eigenvalue weighted by molar-refractivity contribution is 7.09. The first-order valence-electron chi connectivity index (χ1n) is 9.50. The summed E-state index contributed by atoms with van der Waals surface area (Å²) in [6.07, 6.45) is 3.90. The Labute approximate surface area is 159 Å². The lowest BCUT2D eigenvalue weighted by Crippen LogP contribution is -2.46. The molecule has 2 saturated heterocycles. The number of hydrogen-bond donors (Lipinski definition) is 0. The molecule has 3 atom stereocenters. The third-order valence-corrected chi connectivity index (χ3v) is 6.76. The predicted octanol–water partition coefficient (Wildman–Crippen LogP) is 3.98. The molecule has 0 unspecified atom stereocenters. The number of fused-ring (bicyclic) bond motifs is 2. The van der Waals surface area contributed by atoms with Crippen molar-refractivity contribution >= 4 is 17.3 Å². The maximum atomic E-state index is 13.1. The lowest BCUT2D eigenvalue weighted by Gasteiger charge is -2.35. The molecule has 2 fully saturated rings. The van der Waals surface area contributed by atoms with E-state index in [2.05, 4.69) is 39.5 Å². The Bertz CT molecular complexity index is 775. The molecule has 4 rings (SSSR count). The van der Waals surface area contributed by atoms with E-state index in [9.17, 15) is 4.79 Å². The van der Waals surface area contributed by atoms with Crippen molar-refractivity contribution in [3.63, 3.8) is 0 Å². The van der Waals surface area contributed by atoms with Gasteiger partial charge in [0.2, 0.25) is 0 Å². The van der Waals surface area contributed by atoms with Gasteiger partial charge >= 0.3 is 5.97 Å². The number of aryl methyl sites for hydroxylation is 1. The third-order valence-electron chi connectivity index (χ3n) is 5.94. The number of benzene rings is 1. The number of esters is 1. The van der Waals surface area contributed by atoms with Crippen LogP contribution in [0.25, 0.3) is 0 Å². The molecule has 4 nitrogen and oxygen atoms in total. The molecular formula is C21H26N2O2S. The average Bonchev–Trinajstić information content (AvgIpc) is 3.30. The number of rotatable bonds is 6. The maximum absolute atomic E-state index is 13.1. The van der Waals surface area contributed by atoms with Crippen LogP contribution in [0.3, 0.4) is 0 Å². The second-order valence-corrected chi connectivity index (χ2v) is 8.58. The molecule has 2 aliphatic rings. The molecule has 2 bridgehead atoms. The van der Waals surface area contributed by atoms with Crippen molar-refractivity contribution in [1.29, 1.82) is 0 Å². The van der Waals surface area contributed by atoms with Crippen LogP contribution in [-0.2, 0) is 22.5 Å². The van der Waals surface area contributed by atoms with Gasteiger partial charge in [-0.2, -0.15) is 0 Å².